The molecule has 120 valence electrons. The summed E-state index contributed by atoms with van der Waals surface area (Å²) >= 11 is 0. The van der Waals surface area contributed by atoms with E-state index in [9.17, 15) is 9.59 Å². The minimum Gasteiger partial charge on any atom is -0.491 e. The van der Waals surface area contributed by atoms with Crippen molar-refractivity contribution in [3.8, 4) is 0 Å². The maximum absolute atomic E-state index is 12.1. The van der Waals surface area contributed by atoms with Crippen LogP contribution in [0.25, 0.3) is 5.76 Å². The standard InChI is InChI=1S/C14H19N3O5/c1-4-21-9(3)12-15-11(13(18)22-5-2)10-8-16(14(19)20)6-7-17(10)12/h3-8H2,1-2H3,(H,19,20). The molecule has 1 aromatic rings. The van der Waals surface area contributed by atoms with E-state index >= 15 is 0 Å². The van der Waals surface area contributed by atoms with Crippen molar-refractivity contribution in [2.45, 2.75) is 26.9 Å². The van der Waals surface area contributed by atoms with Gasteiger partial charge in [0.15, 0.2) is 17.3 Å². The lowest BCUT2D eigenvalue weighted by Gasteiger charge is -2.27. The van der Waals surface area contributed by atoms with Gasteiger partial charge in [-0.05, 0) is 13.8 Å². The van der Waals surface area contributed by atoms with Crippen molar-refractivity contribution in [3.05, 3.63) is 23.8 Å². The molecule has 0 radical (unpaired) electrons. The molecule has 22 heavy (non-hydrogen) atoms. The van der Waals surface area contributed by atoms with Crippen LogP contribution in [0, 0.1) is 0 Å². The zero-order chi connectivity index (χ0) is 16.3. The summed E-state index contributed by atoms with van der Waals surface area (Å²) < 4.78 is 12.1. The molecule has 0 spiro atoms. The van der Waals surface area contributed by atoms with Crippen molar-refractivity contribution < 1.29 is 24.2 Å². The molecule has 1 amide bonds. The van der Waals surface area contributed by atoms with E-state index in [1.54, 1.807) is 11.5 Å². The van der Waals surface area contributed by atoms with Gasteiger partial charge in [0.2, 0.25) is 0 Å². The van der Waals surface area contributed by atoms with Crippen LogP contribution in [-0.2, 0) is 22.6 Å². The first-order chi connectivity index (χ1) is 10.5. The van der Waals surface area contributed by atoms with Gasteiger partial charge >= 0.3 is 12.1 Å². The second-order valence-corrected chi connectivity index (χ2v) is 4.66. The molecule has 1 aliphatic heterocycles. The minimum absolute atomic E-state index is 0.0793. The number of carboxylic acid groups (broad SMARTS) is 1. The number of rotatable bonds is 5. The second-order valence-electron chi connectivity index (χ2n) is 4.66. The molecule has 0 atom stereocenters. The molecule has 0 fully saturated rings. The van der Waals surface area contributed by atoms with Crippen LogP contribution in [0.15, 0.2) is 6.58 Å². The van der Waals surface area contributed by atoms with Crippen LogP contribution in [0.4, 0.5) is 4.79 Å². The summed E-state index contributed by atoms with van der Waals surface area (Å²) in [7, 11) is 0. The van der Waals surface area contributed by atoms with Gasteiger partial charge < -0.3 is 24.0 Å². The summed E-state index contributed by atoms with van der Waals surface area (Å²) in [5.41, 5.74) is 0.617. The normalized spacial score (nSPS) is 13.5. The first-order valence-corrected chi connectivity index (χ1v) is 7.06. The van der Waals surface area contributed by atoms with Crippen LogP contribution in [0.2, 0.25) is 0 Å². The van der Waals surface area contributed by atoms with E-state index in [4.69, 9.17) is 14.6 Å². The van der Waals surface area contributed by atoms with E-state index in [2.05, 4.69) is 11.6 Å². The van der Waals surface area contributed by atoms with Crippen LogP contribution in [0.3, 0.4) is 0 Å². The zero-order valence-corrected chi connectivity index (χ0v) is 12.7. The number of imidazole rings is 1. The van der Waals surface area contributed by atoms with Gasteiger partial charge in [0.25, 0.3) is 0 Å². The Morgan fingerprint density at radius 1 is 1.27 bits per heavy atom. The summed E-state index contributed by atoms with van der Waals surface area (Å²) in [6, 6.07) is 0. The summed E-state index contributed by atoms with van der Waals surface area (Å²) in [6.45, 7) is 8.75. The number of nitrogens with zero attached hydrogens (tertiary/aromatic N) is 3. The molecule has 1 N–H and O–H groups in total. The number of aromatic nitrogens is 2. The van der Waals surface area contributed by atoms with Gasteiger partial charge in [0.1, 0.15) is 0 Å². The van der Waals surface area contributed by atoms with Gasteiger partial charge in [-0.2, -0.15) is 0 Å². The Labute approximate surface area is 127 Å². The van der Waals surface area contributed by atoms with Crippen LogP contribution >= 0.6 is 0 Å². The number of esters is 1. The van der Waals surface area contributed by atoms with E-state index in [0.29, 0.717) is 37.0 Å². The SMILES string of the molecule is C=C(OCC)c1nc(C(=O)OCC)c2n1CCN(C(=O)O)C2. The number of ether oxygens (including phenoxy) is 2. The third kappa shape index (κ3) is 2.90. The molecule has 2 heterocycles. The van der Waals surface area contributed by atoms with E-state index in [0.717, 1.165) is 0 Å². The van der Waals surface area contributed by atoms with Crippen molar-refractivity contribution in [1.29, 1.82) is 0 Å². The fraction of sp³-hybridized carbons (Fsp3) is 0.500. The Bertz CT molecular complexity index is 608. The smallest absolute Gasteiger partial charge is 0.407 e. The Hall–Kier alpha value is -2.51. The maximum atomic E-state index is 12.1. The van der Waals surface area contributed by atoms with Crippen molar-refractivity contribution in [2.75, 3.05) is 19.8 Å². The van der Waals surface area contributed by atoms with E-state index < -0.39 is 12.1 Å². The lowest BCUT2D eigenvalue weighted by Crippen LogP contribution is -2.38. The van der Waals surface area contributed by atoms with Gasteiger partial charge in [-0.15, -0.1) is 0 Å². The molecular formula is C14H19N3O5. The monoisotopic (exact) mass is 309 g/mol. The number of amides is 1. The first kappa shape index (κ1) is 15.9. The van der Waals surface area contributed by atoms with Crippen LogP contribution in [0.5, 0.6) is 0 Å². The molecule has 0 bridgehead atoms. The lowest BCUT2D eigenvalue weighted by atomic mass is 10.2. The first-order valence-electron chi connectivity index (χ1n) is 7.06. The van der Waals surface area contributed by atoms with E-state index in [1.807, 2.05) is 6.92 Å². The lowest BCUT2D eigenvalue weighted by molar-refractivity contribution is 0.0515. The number of hydrogen-bond acceptors (Lipinski definition) is 5. The third-order valence-corrected chi connectivity index (χ3v) is 3.31. The maximum Gasteiger partial charge on any atom is 0.407 e. The topological polar surface area (TPSA) is 93.9 Å². The van der Waals surface area contributed by atoms with Crippen molar-refractivity contribution in [3.63, 3.8) is 0 Å². The zero-order valence-electron chi connectivity index (χ0n) is 12.7. The highest BCUT2D eigenvalue weighted by molar-refractivity contribution is 5.89. The van der Waals surface area contributed by atoms with Gasteiger partial charge in [0.05, 0.1) is 25.5 Å². The van der Waals surface area contributed by atoms with Gasteiger partial charge in [-0.25, -0.2) is 14.6 Å². The highest BCUT2D eigenvalue weighted by Crippen LogP contribution is 2.24. The largest absolute Gasteiger partial charge is 0.491 e. The highest BCUT2D eigenvalue weighted by atomic mass is 16.5. The molecule has 8 heteroatoms. The van der Waals surface area contributed by atoms with Crippen LogP contribution < -0.4 is 0 Å². The van der Waals surface area contributed by atoms with Gasteiger partial charge in [-0.3, -0.25) is 0 Å². The van der Waals surface area contributed by atoms with Gasteiger partial charge in [0, 0.05) is 13.1 Å². The molecule has 0 unspecified atom stereocenters. The molecule has 0 aliphatic carbocycles. The van der Waals surface area contributed by atoms with E-state index in [1.165, 1.54) is 4.90 Å². The van der Waals surface area contributed by atoms with Crippen LogP contribution in [-0.4, -0.2) is 51.4 Å². The Morgan fingerprint density at radius 3 is 2.55 bits per heavy atom. The van der Waals surface area contributed by atoms with Crippen LogP contribution in [0.1, 0.15) is 35.9 Å². The predicted octanol–water partition coefficient (Wildman–Crippen LogP) is 1.56. The van der Waals surface area contributed by atoms with Crippen molar-refractivity contribution in [1.82, 2.24) is 14.5 Å². The molecule has 0 saturated heterocycles. The summed E-state index contributed by atoms with van der Waals surface area (Å²) in [4.78, 5) is 28.7. The minimum atomic E-state index is -1.03. The molecule has 2 rings (SSSR count). The average Bonchev–Trinajstić information content (AvgIpc) is 2.86. The third-order valence-electron chi connectivity index (χ3n) is 3.31. The van der Waals surface area contributed by atoms with Crippen molar-refractivity contribution >= 4 is 17.8 Å². The van der Waals surface area contributed by atoms with Crippen molar-refractivity contribution in [2.24, 2.45) is 0 Å². The quantitative estimate of drug-likeness (QED) is 0.655. The highest BCUT2D eigenvalue weighted by Gasteiger charge is 2.30. The summed E-state index contributed by atoms with van der Waals surface area (Å²) in [5.74, 6) is 0.210. The molecular weight excluding hydrogens is 290 g/mol. The molecule has 8 nitrogen and oxygen atoms in total. The Balaban J connectivity index is 2.44. The van der Waals surface area contributed by atoms with E-state index in [-0.39, 0.29) is 18.8 Å². The molecule has 1 aliphatic rings. The number of hydrogen-bond donors (Lipinski definition) is 1. The fourth-order valence-electron chi connectivity index (χ4n) is 2.35. The number of fused-ring (bicyclic) bond motifs is 1. The fourth-order valence-corrected chi connectivity index (χ4v) is 2.35. The average molecular weight is 309 g/mol. The Morgan fingerprint density at radius 2 is 1.95 bits per heavy atom. The summed E-state index contributed by atoms with van der Waals surface area (Å²) in [5, 5.41) is 9.13. The summed E-state index contributed by atoms with van der Waals surface area (Å²) in [6.07, 6.45) is -1.03. The molecule has 0 saturated carbocycles. The number of carbonyl (C=O) groups excluding carboxylic acids is 1. The van der Waals surface area contributed by atoms with Gasteiger partial charge in [-0.1, -0.05) is 6.58 Å². The molecule has 1 aromatic heterocycles. The predicted molar refractivity (Wildman–Crippen MR) is 77.3 cm³/mol. The molecule has 0 aromatic carbocycles. The number of carbonyl (C=O) groups is 2. The Kier molecular flexibility index (Phi) is 4.69. The second kappa shape index (κ2) is 6.50.